The smallest absolute Gasteiger partial charge is 0.294 e. The van der Waals surface area contributed by atoms with Gasteiger partial charge < -0.3 is 19.1 Å². The van der Waals surface area contributed by atoms with Crippen molar-refractivity contribution in [2.45, 2.75) is 0 Å². The number of morpholine rings is 1. The first-order chi connectivity index (χ1) is 13.0. The molecule has 2 fully saturated rings. The van der Waals surface area contributed by atoms with Crippen LogP contribution in [0.2, 0.25) is 0 Å². The second-order valence-electron chi connectivity index (χ2n) is 5.99. The molecule has 8 nitrogen and oxygen atoms in total. The normalized spacial score (nSPS) is 20.7. The third-order valence-electron chi connectivity index (χ3n) is 4.31. The molecule has 2 saturated heterocycles. The minimum absolute atomic E-state index is 0.144. The number of ether oxygens (including phenoxy) is 3. The fourth-order valence-electron chi connectivity index (χ4n) is 2.87. The summed E-state index contributed by atoms with van der Waals surface area (Å²) in [6.45, 7) is 1.75. The number of halogens is 1. The molecule has 3 amide bonds. The van der Waals surface area contributed by atoms with Gasteiger partial charge in [0.05, 0.1) is 18.1 Å². The molecule has 0 aromatic heterocycles. The predicted molar refractivity (Wildman–Crippen MR) is 100 cm³/mol. The molecule has 0 atom stereocenters. The topological polar surface area (TPSA) is 85.4 Å². The first-order valence-corrected chi connectivity index (χ1v) is 9.84. The van der Waals surface area contributed by atoms with Crippen molar-refractivity contribution in [1.82, 2.24) is 9.80 Å². The highest BCUT2D eigenvalue weighted by atomic mass is 79.9. The Bertz CT molecular complexity index is 852. The lowest BCUT2D eigenvalue weighted by Gasteiger charge is -2.28. The number of fused-ring (bicyclic) bond motifs is 1. The lowest BCUT2D eigenvalue weighted by atomic mass is 10.2. The van der Waals surface area contributed by atoms with E-state index in [1.165, 1.54) is 0 Å². The van der Waals surface area contributed by atoms with E-state index in [1.54, 1.807) is 23.1 Å². The molecule has 4 rings (SSSR count). The van der Waals surface area contributed by atoms with Crippen molar-refractivity contribution in [2.75, 3.05) is 39.6 Å². The number of rotatable bonds is 3. The molecule has 0 spiro atoms. The third-order valence-corrected chi connectivity index (χ3v) is 5.90. The van der Waals surface area contributed by atoms with Crippen LogP contribution in [0.15, 0.2) is 21.5 Å². The van der Waals surface area contributed by atoms with Crippen LogP contribution in [0.1, 0.15) is 5.56 Å². The van der Waals surface area contributed by atoms with Gasteiger partial charge in [-0.3, -0.25) is 19.3 Å². The van der Waals surface area contributed by atoms with E-state index >= 15 is 0 Å². The molecule has 0 radical (unpaired) electrons. The fourth-order valence-corrected chi connectivity index (χ4v) is 4.14. The van der Waals surface area contributed by atoms with Crippen molar-refractivity contribution in [3.63, 3.8) is 0 Å². The van der Waals surface area contributed by atoms with Crippen molar-refractivity contribution >= 4 is 50.8 Å². The molecule has 3 aliphatic rings. The molecule has 0 aliphatic carbocycles. The molecule has 27 heavy (non-hydrogen) atoms. The minimum Gasteiger partial charge on any atom is -0.454 e. The van der Waals surface area contributed by atoms with Crippen LogP contribution >= 0.6 is 27.7 Å². The Kier molecular flexibility index (Phi) is 5.11. The summed E-state index contributed by atoms with van der Waals surface area (Å²) in [6, 6.07) is 3.49. The molecule has 142 valence electrons. The second kappa shape index (κ2) is 7.53. The number of imide groups is 1. The molecule has 3 aliphatic heterocycles. The molecule has 0 N–H and O–H groups in total. The Balaban J connectivity index is 1.51. The minimum atomic E-state index is -0.476. The van der Waals surface area contributed by atoms with Gasteiger partial charge in [-0.05, 0) is 35.5 Å². The van der Waals surface area contributed by atoms with E-state index in [4.69, 9.17) is 14.2 Å². The number of nitrogens with zero attached hydrogens (tertiary/aromatic N) is 2. The van der Waals surface area contributed by atoms with E-state index in [9.17, 15) is 14.4 Å². The van der Waals surface area contributed by atoms with E-state index in [0.717, 1.165) is 16.7 Å². The first kappa shape index (κ1) is 18.3. The second-order valence-corrected chi connectivity index (χ2v) is 7.84. The van der Waals surface area contributed by atoms with Gasteiger partial charge >= 0.3 is 0 Å². The molecule has 0 unspecified atom stereocenters. The summed E-state index contributed by atoms with van der Waals surface area (Å²) in [4.78, 5) is 40.1. The quantitative estimate of drug-likeness (QED) is 0.646. The van der Waals surface area contributed by atoms with Crippen molar-refractivity contribution in [1.29, 1.82) is 0 Å². The highest BCUT2D eigenvalue weighted by Gasteiger charge is 2.37. The summed E-state index contributed by atoms with van der Waals surface area (Å²) in [5.74, 6) is 0.455. The van der Waals surface area contributed by atoms with E-state index in [1.807, 2.05) is 0 Å². The van der Waals surface area contributed by atoms with Gasteiger partial charge in [-0.2, -0.15) is 0 Å². The Labute approximate surface area is 167 Å². The summed E-state index contributed by atoms with van der Waals surface area (Å²) in [5.41, 5.74) is 0.684. The van der Waals surface area contributed by atoms with Crippen LogP contribution in [0.25, 0.3) is 6.08 Å². The Hall–Kier alpha value is -2.04. The standard InChI is InChI=1S/C17H15BrN2O6S/c18-11-7-13-12(25-9-26-13)5-10(11)6-14-16(22)20(17(23)27-14)8-15(21)19-1-3-24-4-2-19/h5-7H,1-4,8-9H2/b14-6-. The highest BCUT2D eigenvalue weighted by Crippen LogP contribution is 2.39. The summed E-state index contributed by atoms with van der Waals surface area (Å²) in [5, 5.41) is -0.454. The average molecular weight is 455 g/mol. The summed E-state index contributed by atoms with van der Waals surface area (Å²) < 4.78 is 16.6. The van der Waals surface area contributed by atoms with Gasteiger partial charge in [-0.1, -0.05) is 15.9 Å². The summed E-state index contributed by atoms with van der Waals surface area (Å²) in [6.07, 6.45) is 1.61. The maximum absolute atomic E-state index is 12.6. The fraction of sp³-hybridized carbons (Fsp3) is 0.353. The van der Waals surface area contributed by atoms with Crippen LogP contribution in [0, 0.1) is 0 Å². The lowest BCUT2D eigenvalue weighted by Crippen LogP contribution is -2.46. The van der Waals surface area contributed by atoms with Crippen LogP contribution in [0.5, 0.6) is 11.5 Å². The maximum atomic E-state index is 12.6. The van der Waals surface area contributed by atoms with Gasteiger partial charge in [0.2, 0.25) is 12.7 Å². The average Bonchev–Trinajstić information content (AvgIpc) is 3.22. The largest absolute Gasteiger partial charge is 0.454 e. The monoisotopic (exact) mass is 454 g/mol. The molecule has 1 aromatic carbocycles. The Morgan fingerprint density at radius 1 is 1.19 bits per heavy atom. The zero-order chi connectivity index (χ0) is 19.0. The lowest BCUT2D eigenvalue weighted by molar-refractivity contribution is -0.139. The zero-order valence-corrected chi connectivity index (χ0v) is 16.5. The Morgan fingerprint density at radius 2 is 1.89 bits per heavy atom. The maximum Gasteiger partial charge on any atom is 0.294 e. The van der Waals surface area contributed by atoms with Gasteiger partial charge in [-0.15, -0.1) is 0 Å². The van der Waals surface area contributed by atoms with Gasteiger partial charge in [0.15, 0.2) is 11.5 Å². The first-order valence-electron chi connectivity index (χ1n) is 8.23. The number of benzene rings is 1. The number of carbonyl (C=O) groups excluding carboxylic acids is 3. The van der Waals surface area contributed by atoms with Gasteiger partial charge in [-0.25, -0.2) is 0 Å². The van der Waals surface area contributed by atoms with Crippen molar-refractivity contribution in [3.8, 4) is 11.5 Å². The number of carbonyl (C=O) groups is 3. The molecule has 3 heterocycles. The van der Waals surface area contributed by atoms with Crippen LogP contribution in [0.3, 0.4) is 0 Å². The molecule has 1 aromatic rings. The summed E-state index contributed by atoms with van der Waals surface area (Å²) >= 11 is 4.25. The van der Waals surface area contributed by atoms with E-state index < -0.39 is 11.1 Å². The van der Waals surface area contributed by atoms with E-state index in [0.29, 0.717) is 47.8 Å². The van der Waals surface area contributed by atoms with Crippen LogP contribution < -0.4 is 9.47 Å². The molecular formula is C17H15BrN2O6S. The van der Waals surface area contributed by atoms with Crippen LogP contribution in [-0.4, -0.2) is 66.5 Å². The Morgan fingerprint density at radius 3 is 2.63 bits per heavy atom. The third kappa shape index (κ3) is 3.69. The van der Waals surface area contributed by atoms with Crippen LogP contribution in [-0.2, 0) is 14.3 Å². The predicted octanol–water partition coefficient (Wildman–Crippen LogP) is 2.07. The molecule has 0 bridgehead atoms. The van der Waals surface area contributed by atoms with Crippen molar-refractivity contribution in [2.24, 2.45) is 0 Å². The number of hydrogen-bond donors (Lipinski definition) is 0. The molecular weight excluding hydrogens is 440 g/mol. The summed E-state index contributed by atoms with van der Waals surface area (Å²) in [7, 11) is 0. The number of hydrogen-bond acceptors (Lipinski definition) is 7. The zero-order valence-electron chi connectivity index (χ0n) is 14.1. The molecule has 10 heteroatoms. The highest BCUT2D eigenvalue weighted by molar-refractivity contribution is 9.10. The van der Waals surface area contributed by atoms with E-state index in [-0.39, 0.29) is 24.2 Å². The van der Waals surface area contributed by atoms with Gasteiger partial charge in [0.1, 0.15) is 6.54 Å². The van der Waals surface area contributed by atoms with E-state index in [2.05, 4.69) is 15.9 Å². The van der Waals surface area contributed by atoms with Crippen molar-refractivity contribution in [3.05, 3.63) is 27.1 Å². The number of amides is 3. The van der Waals surface area contributed by atoms with Gasteiger partial charge in [0, 0.05) is 17.6 Å². The van der Waals surface area contributed by atoms with Crippen LogP contribution in [0.4, 0.5) is 4.79 Å². The van der Waals surface area contributed by atoms with Gasteiger partial charge in [0.25, 0.3) is 11.1 Å². The molecule has 0 saturated carbocycles. The van der Waals surface area contributed by atoms with Crippen molar-refractivity contribution < 1.29 is 28.6 Å². The number of thioether (sulfide) groups is 1. The SMILES string of the molecule is O=C(CN1C(=O)S/C(=C\c2cc3c(cc2Br)OCO3)C1=O)N1CCOCC1.